The van der Waals surface area contributed by atoms with Gasteiger partial charge in [-0.3, -0.25) is 4.55 Å². The maximum Gasteiger partial charge on any atom is 0.295 e. The van der Waals surface area contributed by atoms with E-state index in [0.717, 1.165) is 4.47 Å². The van der Waals surface area contributed by atoms with Crippen LogP contribution < -0.4 is 0 Å². The van der Waals surface area contributed by atoms with Gasteiger partial charge in [-0.1, -0.05) is 56.1 Å². The van der Waals surface area contributed by atoms with Gasteiger partial charge in [-0.15, -0.1) is 0 Å². The number of hydrogen-bond acceptors (Lipinski definition) is 2. The summed E-state index contributed by atoms with van der Waals surface area (Å²) in [5.41, 5.74) is 1.13. The molecule has 0 unspecified atom stereocenters. The third-order valence-electron chi connectivity index (χ3n) is 2.40. The molecule has 2 rings (SSSR count). The van der Waals surface area contributed by atoms with Crippen LogP contribution in [0.2, 0.25) is 0 Å². The molecule has 0 aliphatic rings. The topological polar surface area (TPSA) is 54.4 Å². The predicted octanol–water partition coefficient (Wildman–Crippen LogP) is 4.13. The van der Waals surface area contributed by atoms with Crippen LogP contribution in [0.25, 0.3) is 11.1 Å². The molecule has 1 N–H and O–H groups in total. The quantitative estimate of drug-likeness (QED) is 0.783. The fraction of sp³-hybridized carbons (Fsp3) is 0. The van der Waals surface area contributed by atoms with Crippen LogP contribution in [0.5, 0.6) is 0 Å². The van der Waals surface area contributed by atoms with Crippen molar-refractivity contribution in [2.45, 2.75) is 4.90 Å². The summed E-state index contributed by atoms with van der Waals surface area (Å²) in [5, 5.41) is 0. The van der Waals surface area contributed by atoms with Crippen molar-refractivity contribution >= 4 is 42.0 Å². The Morgan fingerprint density at radius 1 is 0.889 bits per heavy atom. The SMILES string of the molecule is O=S(=O)(O)c1cccc(Br)c1-c1ccccc1Br. The lowest BCUT2D eigenvalue weighted by Gasteiger charge is -2.11. The van der Waals surface area contributed by atoms with Gasteiger partial charge in [0.15, 0.2) is 0 Å². The monoisotopic (exact) mass is 390 g/mol. The summed E-state index contributed by atoms with van der Waals surface area (Å²) in [6.07, 6.45) is 0. The molecule has 0 heterocycles. The van der Waals surface area contributed by atoms with Crippen molar-refractivity contribution in [3.8, 4) is 11.1 Å². The normalized spacial score (nSPS) is 11.5. The summed E-state index contributed by atoms with van der Waals surface area (Å²) in [6.45, 7) is 0. The van der Waals surface area contributed by atoms with Gasteiger partial charge in [0.25, 0.3) is 10.1 Å². The first-order valence-corrected chi connectivity index (χ1v) is 7.95. The standard InChI is InChI=1S/C12H8Br2O3S/c13-9-5-2-1-4-8(9)12-10(14)6-3-7-11(12)18(15,16)17/h1-7H,(H,15,16,17). The van der Waals surface area contributed by atoms with E-state index in [1.165, 1.54) is 6.07 Å². The second kappa shape index (κ2) is 5.13. The number of halogens is 2. The van der Waals surface area contributed by atoms with Crippen molar-refractivity contribution < 1.29 is 13.0 Å². The van der Waals surface area contributed by atoms with E-state index in [4.69, 9.17) is 0 Å². The zero-order valence-electron chi connectivity index (χ0n) is 8.97. The third-order valence-corrected chi connectivity index (χ3v) is 4.64. The van der Waals surface area contributed by atoms with Gasteiger partial charge in [0.2, 0.25) is 0 Å². The molecule has 0 spiro atoms. The minimum atomic E-state index is -4.27. The average Bonchev–Trinajstić information content (AvgIpc) is 2.29. The largest absolute Gasteiger partial charge is 0.295 e. The average molecular weight is 392 g/mol. The Balaban J connectivity index is 2.84. The number of benzene rings is 2. The lowest BCUT2D eigenvalue weighted by atomic mass is 10.1. The van der Waals surface area contributed by atoms with Gasteiger partial charge in [0.05, 0.1) is 0 Å². The van der Waals surface area contributed by atoms with E-state index in [2.05, 4.69) is 31.9 Å². The maximum absolute atomic E-state index is 11.4. The van der Waals surface area contributed by atoms with Crippen molar-refractivity contribution in [1.29, 1.82) is 0 Å². The summed E-state index contributed by atoms with van der Waals surface area (Å²) in [6, 6.07) is 11.9. The molecule has 2 aromatic carbocycles. The smallest absolute Gasteiger partial charge is 0.282 e. The molecule has 0 aromatic heterocycles. The van der Waals surface area contributed by atoms with Gasteiger partial charge in [0.1, 0.15) is 4.90 Å². The van der Waals surface area contributed by atoms with Crippen molar-refractivity contribution in [1.82, 2.24) is 0 Å². The van der Waals surface area contributed by atoms with Crippen LogP contribution in [-0.4, -0.2) is 13.0 Å². The molecule has 94 valence electrons. The first-order valence-electron chi connectivity index (χ1n) is 4.92. The fourth-order valence-corrected chi connectivity index (χ4v) is 3.57. The van der Waals surface area contributed by atoms with E-state index in [1.54, 1.807) is 24.3 Å². The Bertz CT molecular complexity index is 696. The molecule has 0 aliphatic carbocycles. The van der Waals surface area contributed by atoms with Gasteiger partial charge in [-0.2, -0.15) is 8.42 Å². The van der Waals surface area contributed by atoms with Crippen LogP contribution in [0.1, 0.15) is 0 Å². The predicted molar refractivity (Wildman–Crippen MR) is 77.1 cm³/mol. The van der Waals surface area contributed by atoms with Crippen LogP contribution in [0.15, 0.2) is 56.3 Å². The highest BCUT2D eigenvalue weighted by atomic mass is 79.9. The van der Waals surface area contributed by atoms with Gasteiger partial charge < -0.3 is 0 Å². The Morgan fingerprint density at radius 2 is 1.50 bits per heavy atom. The molecular formula is C12H8Br2O3S. The second-order valence-corrected chi connectivity index (χ2v) is 6.67. The van der Waals surface area contributed by atoms with E-state index in [0.29, 0.717) is 15.6 Å². The van der Waals surface area contributed by atoms with E-state index < -0.39 is 10.1 Å². The van der Waals surface area contributed by atoms with Crippen LogP contribution in [0, 0.1) is 0 Å². The highest BCUT2D eigenvalue weighted by Gasteiger charge is 2.19. The van der Waals surface area contributed by atoms with Gasteiger partial charge in [-0.05, 0) is 23.8 Å². The minimum absolute atomic E-state index is 0.122. The second-order valence-electron chi connectivity index (χ2n) is 3.57. The Morgan fingerprint density at radius 3 is 2.11 bits per heavy atom. The molecule has 0 fully saturated rings. The third kappa shape index (κ3) is 2.66. The minimum Gasteiger partial charge on any atom is -0.282 e. The van der Waals surface area contributed by atoms with Gasteiger partial charge in [-0.25, -0.2) is 0 Å². The van der Waals surface area contributed by atoms with Crippen molar-refractivity contribution in [2.24, 2.45) is 0 Å². The molecule has 18 heavy (non-hydrogen) atoms. The molecule has 0 amide bonds. The molecule has 0 atom stereocenters. The van der Waals surface area contributed by atoms with Gasteiger partial charge >= 0.3 is 0 Å². The Kier molecular flexibility index (Phi) is 3.91. The number of hydrogen-bond donors (Lipinski definition) is 1. The summed E-state index contributed by atoms with van der Waals surface area (Å²) in [5.74, 6) is 0. The lowest BCUT2D eigenvalue weighted by molar-refractivity contribution is 0.483. The molecule has 6 heteroatoms. The van der Waals surface area contributed by atoms with E-state index in [9.17, 15) is 13.0 Å². The highest BCUT2D eigenvalue weighted by Crippen LogP contribution is 2.37. The first kappa shape index (κ1) is 13.7. The Labute approximate surface area is 122 Å². The first-order chi connectivity index (χ1) is 8.41. The maximum atomic E-state index is 11.4. The molecule has 0 saturated heterocycles. The molecule has 3 nitrogen and oxygen atoms in total. The molecule has 0 aliphatic heterocycles. The Hall–Kier alpha value is -0.690. The molecule has 0 radical (unpaired) electrons. The van der Waals surface area contributed by atoms with E-state index in [-0.39, 0.29) is 4.90 Å². The van der Waals surface area contributed by atoms with Crippen molar-refractivity contribution in [2.75, 3.05) is 0 Å². The molecule has 2 aromatic rings. The molecule has 0 bridgehead atoms. The zero-order valence-corrected chi connectivity index (χ0v) is 13.0. The summed E-state index contributed by atoms with van der Waals surface area (Å²) >= 11 is 6.68. The fourth-order valence-electron chi connectivity index (χ4n) is 1.64. The van der Waals surface area contributed by atoms with Gasteiger partial charge in [0, 0.05) is 14.5 Å². The number of rotatable bonds is 2. The summed E-state index contributed by atoms with van der Waals surface area (Å²) < 4.78 is 33.5. The molecule has 0 saturated carbocycles. The van der Waals surface area contributed by atoms with Crippen LogP contribution in [0.3, 0.4) is 0 Å². The van der Waals surface area contributed by atoms with Crippen LogP contribution >= 0.6 is 31.9 Å². The van der Waals surface area contributed by atoms with Crippen LogP contribution in [0.4, 0.5) is 0 Å². The highest BCUT2D eigenvalue weighted by molar-refractivity contribution is 9.11. The van der Waals surface area contributed by atoms with E-state index >= 15 is 0 Å². The zero-order chi connectivity index (χ0) is 13.3. The lowest BCUT2D eigenvalue weighted by Crippen LogP contribution is -2.01. The van der Waals surface area contributed by atoms with Crippen molar-refractivity contribution in [3.05, 3.63) is 51.4 Å². The summed E-state index contributed by atoms with van der Waals surface area (Å²) in [7, 11) is -4.27. The van der Waals surface area contributed by atoms with Crippen LogP contribution in [-0.2, 0) is 10.1 Å². The van der Waals surface area contributed by atoms with E-state index in [1.807, 2.05) is 12.1 Å². The molecular weight excluding hydrogens is 384 g/mol. The summed E-state index contributed by atoms with van der Waals surface area (Å²) in [4.78, 5) is -0.122. The van der Waals surface area contributed by atoms with Crippen molar-refractivity contribution in [3.63, 3.8) is 0 Å².